The highest BCUT2D eigenvalue weighted by molar-refractivity contribution is 9.10. The number of nitrogens with zero attached hydrogens (tertiary/aromatic N) is 2. The summed E-state index contributed by atoms with van der Waals surface area (Å²) in [6, 6.07) is 0. The van der Waals surface area contributed by atoms with Crippen LogP contribution in [-0.4, -0.2) is 32.3 Å². The van der Waals surface area contributed by atoms with Gasteiger partial charge in [0.2, 0.25) is 0 Å². The van der Waals surface area contributed by atoms with Gasteiger partial charge >= 0.3 is 5.69 Å². The molecule has 7 heteroatoms. The van der Waals surface area contributed by atoms with Crippen LogP contribution in [0.1, 0.15) is 110 Å². The predicted octanol–water partition coefficient (Wildman–Crippen LogP) is 6.94. The van der Waals surface area contributed by atoms with Crippen molar-refractivity contribution in [1.29, 1.82) is 0 Å². The van der Waals surface area contributed by atoms with Gasteiger partial charge in [-0.15, -0.1) is 0 Å². The molecule has 1 unspecified atom stereocenters. The van der Waals surface area contributed by atoms with E-state index in [9.17, 15) is 9.90 Å². The Kier molecular flexibility index (Phi) is 18.3. The van der Waals surface area contributed by atoms with Crippen LogP contribution in [0.3, 0.4) is 0 Å². The summed E-state index contributed by atoms with van der Waals surface area (Å²) in [6.07, 6.45) is 23.1. The summed E-state index contributed by atoms with van der Waals surface area (Å²) < 4.78 is 1.98. The average molecular weight is 533 g/mol. The summed E-state index contributed by atoms with van der Waals surface area (Å²) in [7, 11) is 0. The van der Waals surface area contributed by atoms with Crippen molar-refractivity contribution in [2.45, 2.75) is 122 Å². The lowest BCUT2D eigenvalue weighted by Gasteiger charge is -2.12. The van der Waals surface area contributed by atoms with E-state index in [4.69, 9.17) is 5.73 Å². The molecule has 0 aliphatic rings. The molecule has 32 heavy (non-hydrogen) atoms. The number of thioether (sulfide) groups is 1. The number of hydrogen-bond acceptors (Lipinski definition) is 5. The Morgan fingerprint density at radius 3 is 1.91 bits per heavy atom. The maximum absolute atomic E-state index is 11.8. The second kappa shape index (κ2) is 19.9. The lowest BCUT2D eigenvalue weighted by atomic mass is 10.0. The molecule has 0 saturated heterocycles. The first-order chi connectivity index (χ1) is 15.5. The summed E-state index contributed by atoms with van der Waals surface area (Å²) in [5.74, 6) is 1.87. The first kappa shape index (κ1) is 29.5. The smallest absolute Gasteiger partial charge is 0.349 e. The highest BCUT2D eigenvalue weighted by atomic mass is 79.9. The monoisotopic (exact) mass is 531 g/mol. The third-order valence-corrected chi connectivity index (χ3v) is 7.64. The molecule has 0 radical (unpaired) electrons. The molecule has 0 bridgehead atoms. The zero-order valence-corrected chi connectivity index (χ0v) is 22.6. The van der Waals surface area contributed by atoms with Crippen LogP contribution >= 0.6 is 27.7 Å². The van der Waals surface area contributed by atoms with E-state index in [0.717, 1.165) is 5.75 Å². The Morgan fingerprint density at radius 2 is 1.41 bits per heavy atom. The van der Waals surface area contributed by atoms with Crippen LogP contribution in [0.15, 0.2) is 15.5 Å². The van der Waals surface area contributed by atoms with E-state index in [1.807, 2.05) is 0 Å². The average Bonchev–Trinajstić information content (AvgIpc) is 2.76. The first-order valence-corrected chi connectivity index (χ1v) is 14.8. The molecular formula is C25H46BrN3O2S. The fourth-order valence-electron chi connectivity index (χ4n) is 3.86. The number of nitrogen functional groups attached to an aromatic ring is 1. The molecule has 0 aliphatic carbocycles. The van der Waals surface area contributed by atoms with E-state index in [-0.39, 0.29) is 12.4 Å². The fourth-order valence-corrected chi connectivity index (χ4v) is 5.15. The van der Waals surface area contributed by atoms with Crippen molar-refractivity contribution in [3.05, 3.63) is 21.2 Å². The molecule has 0 aliphatic heterocycles. The molecule has 3 N–H and O–H groups in total. The van der Waals surface area contributed by atoms with E-state index in [0.29, 0.717) is 10.2 Å². The van der Waals surface area contributed by atoms with Crippen LogP contribution in [0.4, 0.5) is 5.82 Å². The van der Waals surface area contributed by atoms with Crippen molar-refractivity contribution >= 4 is 33.5 Å². The number of unbranched alkanes of at least 4 members (excludes halogenated alkanes) is 15. The molecule has 5 nitrogen and oxygen atoms in total. The van der Waals surface area contributed by atoms with Gasteiger partial charge in [0.15, 0.2) is 0 Å². The molecule has 1 heterocycles. The number of aliphatic hydroxyl groups is 1. The third kappa shape index (κ3) is 15.3. The summed E-state index contributed by atoms with van der Waals surface area (Å²) in [6.45, 7) is 2.53. The van der Waals surface area contributed by atoms with Gasteiger partial charge in [-0.25, -0.2) is 4.79 Å². The number of aliphatic hydroxyl groups excluding tert-OH is 1. The van der Waals surface area contributed by atoms with Gasteiger partial charge in [0, 0.05) is 11.9 Å². The van der Waals surface area contributed by atoms with Crippen molar-refractivity contribution in [2.24, 2.45) is 0 Å². The number of nitrogens with two attached hydrogens (primary N) is 1. The zero-order chi connectivity index (χ0) is 23.4. The second-order valence-corrected chi connectivity index (χ2v) is 10.9. The molecule has 0 saturated carbocycles. The molecule has 1 aromatic heterocycles. The molecule has 0 spiro atoms. The Bertz CT molecular complexity index is 642. The number of anilines is 1. The van der Waals surface area contributed by atoms with E-state index < -0.39 is 11.8 Å². The number of halogens is 1. The van der Waals surface area contributed by atoms with Crippen LogP contribution in [0.2, 0.25) is 0 Å². The minimum atomic E-state index is -0.559. The van der Waals surface area contributed by atoms with Crippen LogP contribution in [0.5, 0.6) is 0 Å². The zero-order valence-electron chi connectivity index (χ0n) is 20.2. The molecular weight excluding hydrogens is 486 g/mol. The summed E-state index contributed by atoms with van der Waals surface area (Å²) >= 11 is 5.02. The Labute approximate surface area is 208 Å². The van der Waals surface area contributed by atoms with Gasteiger partial charge in [0.25, 0.3) is 0 Å². The second-order valence-electron chi connectivity index (χ2n) is 8.94. The van der Waals surface area contributed by atoms with Gasteiger partial charge in [-0.3, -0.25) is 4.57 Å². The quantitative estimate of drug-likeness (QED) is 0.168. The van der Waals surface area contributed by atoms with Crippen molar-refractivity contribution in [3.8, 4) is 0 Å². The highest BCUT2D eigenvalue weighted by Crippen LogP contribution is 2.16. The largest absolute Gasteiger partial charge is 0.390 e. The molecule has 0 amide bonds. The summed E-state index contributed by atoms with van der Waals surface area (Å²) in [5, 5.41) is 10.2. The predicted molar refractivity (Wildman–Crippen MR) is 143 cm³/mol. The maximum atomic E-state index is 11.8. The van der Waals surface area contributed by atoms with Crippen LogP contribution in [0, 0.1) is 0 Å². The molecule has 1 aromatic rings. The van der Waals surface area contributed by atoms with E-state index >= 15 is 0 Å². The molecule has 186 valence electrons. The van der Waals surface area contributed by atoms with Crippen molar-refractivity contribution in [1.82, 2.24) is 9.55 Å². The van der Waals surface area contributed by atoms with Gasteiger partial charge in [-0.05, 0) is 28.1 Å². The van der Waals surface area contributed by atoms with Crippen molar-refractivity contribution in [2.75, 3.05) is 17.2 Å². The van der Waals surface area contributed by atoms with E-state index in [1.54, 1.807) is 18.0 Å². The molecule has 0 fully saturated rings. The van der Waals surface area contributed by atoms with Gasteiger partial charge < -0.3 is 10.8 Å². The van der Waals surface area contributed by atoms with Gasteiger partial charge in [-0.1, -0.05) is 103 Å². The fraction of sp³-hybridized carbons (Fsp3) is 0.840. The SMILES string of the molecule is CCCCCCCCCCCCCCCCCCSCC(O)Cn1cc(Br)c(N)nc1=O. The Balaban J connectivity index is 1.85. The minimum absolute atomic E-state index is 0.179. The minimum Gasteiger partial charge on any atom is -0.390 e. The topological polar surface area (TPSA) is 81.1 Å². The van der Waals surface area contributed by atoms with Crippen LogP contribution < -0.4 is 11.4 Å². The van der Waals surface area contributed by atoms with Crippen molar-refractivity contribution < 1.29 is 5.11 Å². The third-order valence-electron chi connectivity index (χ3n) is 5.84. The summed E-state index contributed by atoms with van der Waals surface area (Å²) in [5.41, 5.74) is 5.17. The molecule has 1 rings (SSSR count). The van der Waals surface area contributed by atoms with E-state index in [1.165, 1.54) is 107 Å². The maximum Gasteiger partial charge on any atom is 0.349 e. The highest BCUT2D eigenvalue weighted by Gasteiger charge is 2.09. The van der Waals surface area contributed by atoms with Gasteiger partial charge in [0.05, 0.1) is 17.1 Å². The summed E-state index contributed by atoms with van der Waals surface area (Å²) in [4.78, 5) is 15.5. The van der Waals surface area contributed by atoms with E-state index in [2.05, 4.69) is 27.8 Å². The lowest BCUT2D eigenvalue weighted by Crippen LogP contribution is -2.30. The van der Waals surface area contributed by atoms with Crippen LogP contribution in [0.25, 0.3) is 0 Å². The number of rotatable bonds is 21. The standard InChI is InChI=1S/C25H46BrN3O2S/c1-2-3-4-5-6-7-8-9-10-11-12-13-14-15-16-17-18-32-21-22(30)19-29-20-23(26)24(27)28-25(29)31/h20,22,30H,2-19,21H2,1H3,(H2,27,28,31). The van der Waals surface area contributed by atoms with Crippen LogP contribution in [-0.2, 0) is 6.54 Å². The lowest BCUT2D eigenvalue weighted by molar-refractivity contribution is 0.176. The molecule has 1 atom stereocenters. The van der Waals surface area contributed by atoms with Gasteiger partial charge in [0.1, 0.15) is 5.82 Å². The normalized spacial score (nSPS) is 12.3. The number of aromatic nitrogens is 2. The Morgan fingerprint density at radius 1 is 0.938 bits per heavy atom. The number of hydrogen-bond donors (Lipinski definition) is 2. The first-order valence-electron chi connectivity index (χ1n) is 12.8. The van der Waals surface area contributed by atoms with Crippen molar-refractivity contribution in [3.63, 3.8) is 0 Å². The molecule has 0 aromatic carbocycles. The van der Waals surface area contributed by atoms with Gasteiger partial charge in [-0.2, -0.15) is 16.7 Å². The Hall–Kier alpha value is -0.530.